The largest absolute Gasteiger partial charge is 0.341 e. The first-order valence-corrected chi connectivity index (χ1v) is 10.2. The molecule has 0 saturated carbocycles. The molecule has 0 atom stereocenters. The van der Waals surface area contributed by atoms with Crippen molar-refractivity contribution < 1.29 is 18.5 Å². The predicted octanol–water partition coefficient (Wildman–Crippen LogP) is 3.43. The maximum absolute atomic E-state index is 13.3. The molecule has 2 aromatic carbocycles. The van der Waals surface area contributed by atoms with Crippen LogP contribution >= 0.6 is 0 Å². The number of likely N-dealkylation sites (N-methyl/N-ethyl adjacent to an activating group) is 1. The first-order chi connectivity index (χ1) is 15.0. The third-order valence-corrected chi connectivity index (χ3v) is 5.33. The molecule has 1 fully saturated rings. The fourth-order valence-corrected chi connectivity index (χ4v) is 3.54. The van der Waals surface area contributed by atoms with E-state index in [0.717, 1.165) is 31.5 Å². The summed E-state index contributed by atoms with van der Waals surface area (Å²) in [4.78, 5) is 32.6. The van der Waals surface area contributed by atoms with Crippen molar-refractivity contribution in [3.05, 3.63) is 71.3 Å². The van der Waals surface area contributed by atoms with Gasteiger partial charge in [-0.2, -0.15) is 4.98 Å². The van der Waals surface area contributed by atoms with Crippen LogP contribution in [0.1, 0.15) is 39.4 Å². The molecule has 0 radical (unpaired) electrons. The predicted molar refractivity (Wildman–Crippen MR) is 112 cm³/mol. The standard InChI is InChI=1S/C23H23FN4O3/c1-27(22(29)18-5-4-6-19(24)15-18)14-11-20-25-21(31-26-20)16-7-9-17(10-8-16)23(30)28-12-2-3-13-28/h4-10,15H,2-3,11-14H2,1H3. The van der Waals surface area contributed by atoms with Gasteiger partial charge in [0, 0.05) is 49.8 Å². The molecule has 0 bridgehead atoms. The second kappa shape index (κ2) is 9.07. The lowest BCUT2D eigenvalue weighted by Crippen LogP contribution is -2.29. The quantitative estimate of drug-likeness (QED) is 0.608. The van der Waals surface area contributed by atoms with Gasteiger partial charge < -0.3 is 14.3 Å². The number of amides is 2. The highest BCUT2D eigenvalue weighted by Crippen LogP contribution is 2.20. The van der Waals surface area contributed by atoms with Gasteiger partial charge in [0.05, 0.1) is 0 Å². The SMILES string of the molecule is CN(CCc1noc(-c2ccc(C(=O)N3CCCC3)cc2)n1)C(=O)c1cccc(F)c1. The summed E-state index contributed by atoms with van der Waals surface area (Å²) in [5.41, 5.74) is 1.66. The Morgan fingerprint density at radius 2 is 1.84 bits per heavy atom. The number of aromatic nitrogens is 2. The minimum atomic E-state index is -0.449. The average molecular weight is 422 g/mol. The van der Waals surface area contributed by atoms with Gasteiger partial charge in [0.25, 0.3) is 17.7 Å². The minimum absolute atomic E-state index is 0.0428. The van der Waals surface area contributed by atoms with E-state index in [4.69, 9.17) is 4.52 Å². The van der Waals surface area contributed by atoms with Gasteiger partial charge in [0.1, 0.15) is 5.82 Å². The molecule has 1 saturated heterocycles. The summed E-state index contributed by atoms with van der Waals surface area (Å²) in [6.07, 6.45) is 2.50. The molecule has 0 spiro atoms. The van der Waals surface area contributed by atoms with Gasteiger partial charge in [0.2, 0.25) is 0 Å². The molecule has 1 aliphatic heterocycles. The van der Waals surface area contributed by atoms with Crippen LogP contribution in [0.2, 0.25) is 0 Å². The van der Waals surface area contributed by atoms with E-state index >= 15 is 0 Å². The van der Waals surface area contributed by atoms with E-state index in [0.29, 0.717) is 35.8 Å². The molecule has 0 unspecified atom stereocenters. The molecule has 31 heavy (non-hydrogen) atoms. The van der Waals surface area contributed by atoms with E-state index < -0.39 is 5.82 Å². The van der Waals surface area contributed by atoms with E-state index in [1.165, 1.54) is 23.1 Å². The monoisotopic (exact) mass is 422 g/mol. The highest BCUT2D eigenvalue weighted by Gasteiger charge is 2.20. The Morgan fingerprint density at radius 1 is 1.10 bits per heavy atom. The second-order valence-electron chi connectivity index (χ2n) is 7.58. The van der Waals surface area contributed by atoms with E-state index in [2.05, 4.69) is 10.1 Å². The first kappa shape index (κ1) is 20.7. The molecule has 0 N–H and O–H groups in total. The lowest BCUT2D eigenvalue weighted by Gasteiger charge is -2.16. The van der Waals surface area contributed by atoms with Crippen molar-refractivity contribution in [2.75, 3.05) is 26.7 Å². The topological polar surface area (TPSA) is 79.5 Å². The Bertz CT molecular complexity index is 1070. The number of halogens is 1. The van der Waals surface area contributed by atoms with Crippen molar-refractivity contribution in [3.8, 4) is 11.5 Å². The fourth-order valence-electron chi connectivity index (χ4n) is 3.54. The summed E-state index contributed by atoms with van der Waals surface area (Å²) in [5, 5.41) is 3.97. The molecule has 8 heteroatoms. The molecule has 4 rings (SSSR count). The molecule has 1 aromatic heterocycles. The zero-order valence-corrected chi connectivity index (χ0v) is 17.3. The Hall–Kier alpha value is -3.55. The van der Waals surface area contributed by atoms with Gasteiger partial charge in [0.15, 0.2) is 5.82 Å². The van der Waals surface area contributed by atoms with Gasteiger partial charge in [-0.05, 0) is 55.3 Å². The molecular weight excluding hydrogens is 399 g/mol. The van der Waals surface area contributed by atoms with Crippen molar-refractivity contribution in [3.63, 3.8) is 0 Å². The number of hydrogen-bond donors (Lipinski definition) is 0. The first-order valence-electron chi connectivity index (χ1n) is 10.2. The molecule has 2 heterocycles. The zero-order chi connectivity index (χ0) is 21.8. The Balaban J connectivity index is 1.35. The van der Waals surface area contributed by atoms with Crippen molar-refractivity contribution in [2.24, 2.45) is 0 Å². The van der Waals surface area contributed by atoms with Crippen LogP contribution in [-0.4, -0.2) is 58.4 Å². The molecule has 7 nitrogen and oxygen atoms in total. The fraction of sp³-hybridized carbons (Fsp3) is 0.304. The smallest absolute Gasteiger partial charge is 0.257 e. The van der Waals surface area contributed by atoms with Gasteiger partial charge in [-0.3, -0.25) is 9.59 Å². The lowest BCUT2D eigenvalue weighted by atomic mass is 10.1. The van der Waals surface area contributed by atoms with Crippen LogP contribution in [-0.2, 0) is 6.42 Å². The summed E-state index contributed by atoms with van der Waals surface area (Å²) in [5.74, 6) is 0.137. The molecule has 160 valence electrons. The Morgan fingerprint density at radius 3 is 2.55 bits per heavy atom. The van der Waals surface area contributed by atoms with Gasteiger partial charge >= 0.3 is 0 Å². The van der Waals surface area contributed by atoms with E-state index in [-0.39, 0.29) is 11.8 Å². The van der Waals surface area contributed by atoms with Crippen LogP contribution in [0.15, 0.2) is 53.1 Å². The second-order valence-corrected chi connectivity index (χ2v) is 7.58. The summed E-state index contributed by atoms with van der Waals surface area (Å²) >= 11 is 0. The molecule has 2 amide bonds. The average Bonchev–Trinajstić information content (AvgIpc) is 3.49. The van der Waals surface area contributed by atoms with E-state index in [9.17, 15) is 14.0 Å². The number of likely N-dealkylation sites (tertiary alicyclic amines) is 1. The molecular formula is C23H23FN4O3. The van der Waals surface area contributed by atoms with Gasteiger partial charge in [-0.25, -0.2) is 4.39 Å². The van der Waals surface area contributed by atoms with Crippen LogP contribution in [0.5, 0.6) is 0 Å². The number of benzene rings is 2. The van der Waals surface area contributed by atoms with Crippen LogP contribution < -0.4 is 0 Å². The summed E-state index contributed by atoms with van der Waals surface area (Å²) < 4.78 is 18.7. The van der Waals surface area contributed by atoms with E-state index in [1.807, 2.05) is 4.90 Å². The van der Waals surface area contributed by atoms with Crippen molar-refractivity contribution >= 4 is 11.8 Å². The third kappa shape index (κ3) is 4.79. The van der Waals surface area contributed by atoms with Crippen LogP contribution in [0.3, 0.4) is 0 Å². The molecule has 1 aliphatic rings. The van der Waals surface area contributed by atoms with Crippen molar-refractivity contribution in [2.45, 2.75) is 19.3 Å². The zero-order valence-electron chi connectivity index (χ0n) is 17.3. The van der Waals surface area contributed by atoms with Crippen molar-refractivity contribution in [1.82, 2.24) is 19.9 Å². The van der Waals surface area contributed by atoms with E-state index in [1.54, 1.807) is 37.4 Å². The number of carbonyl (C=O) groups is 2. The highest BCUT2D eigenvalue weighted by molar-refractivity contribution is 5.95. The van der Waals surface area contributed by atoms with Crippen molar-refractivity contribution in [1.29, 1.82) is 0 Å². The maximum Gasteiger partial charge on any atom is 0.257 e. The maximum atomic E-state index is 13.3. The third-order valence-electron chi connectivity index (χ3n) is 5.33. The number of carbonyl (C=O) groups excluding carboxylic acids is 2. The van der Waals surface area contributed by atoms with Crippen LogP contribution in [0.25, 0.3) is 11.5 Å². The molecule has 3 aromatic rings. The highest BCUT2D eigenvalue weighted by atomic mass is 19.1. The lowest BCUT2D eigenvalue weighted by molar-refractivity contribution is 0.0786. The van der Waals surface area contributed by atoms with Gasteiger partial charge in [-0.15, -0.1) is 0 Å². The molecule has 0 aliphatic carbocycles. The Labute approximate surface area is 179 Å². The number of nitrogens with zero attached hydrogens (tertiary/aromatic N) is 4. The minimum Gasteiger partial charge on any atom is -0.341 e. The number of rotatable bonds is 6. The van der Waals surface area contributed by atoms with Gasteiger partial charge in [-0.1, -0.05) is 11.2 Å². The van der Waals surface area contributed by atoms with Crippen LogP contribution in [0, 0.1) is 5.82 Å². The van der Waals surface area contributed by atoms with Crippen LogP contribution in [0.4, 0.5) is 4.39 Å². The summed E-state index contributed by atoms with van der Waals surface area (Å²) in [6, 6.07) is 12.7. The summed E-state index contributed by atoms with van der Waals surface area (Å²) in [7, 11) is 1.64. The normalized spacial score (nSPS) is 13.4. The Kier molecular flexibility index (Phi) is 6.06. The number of hydrogen-bond acceptors (Lipinski definition) is 5. The summed E-state index contributed by atoms with van der Waals surface area (Å²) in [6.45, 7) is 1.98.